The zero-order valence-corrected chi connectivity index (χ0v) is 18.1. The number of benzene rings is 1. The van der Waals surface area contributed by atoms with E-state index in [1.807, 2.05) is 13.8 Å². The molecule has 0 saturated heterocycles. The van der Waals surface area contributed by atoms with Gasteiger partial charge in [-0.05, 0) is 12.0 Å². The number of likely N-dealkylation sites (N-methyl/N-ethyl adjacent to an activating group) is 1. The van der Waals surface area contributed by atoms with Crippen LogP contribution in [0.15, 0.2) is 29.3 Å². The van der Waals surface area contributed by atoms with E-state index in [1.54, 1.807) is 20.2 Å². The third-order valence-electron chi connectivity index (χ3n) is 3.19. The molecule has 2 N–H and O–H groups in total. The molecule has 1 aromatic carbocycles. The summed E-state index contributed by atoms with van der Waals surface area (Å²) in [5.41, 5.74) is 0.286. The normalized spacial score (nSPS) is 11.6. The zero-order chi connectivity index (χ0) is 19.7. The third kappa shape index (κ3) is 10.9. The number of carbonyl (C=O) groups excluding carboxylic acids is 1. The van der Waals surface area contributed by atoms with Crippen molar-refractivity contribution in [3.8, 4) is 5.75 Å². The van der Waals surface area contributed by atoms with Crippen LogP contribution in [0.25, 0.3) is 0 Å². The van der Waals surface area contributed by atoms with E-state index in [-0.39, 0.29) is 54.3 Å². The maximum atomic E-state index is 12.5. The van der Waals surface area contributed by atoms with Crippen molar-refractivity contribution in [2.24, 2.45) is 10.9 Å². The minimum atomic E-state index is -4.77. The summed E-state index contributed by atoms with van der Waals surface area (Å²) in [7, 11) is 3.26. The lowest BCUT2D eigenvalue weighted by atomic mass is 10.2. The van der Waals surface area contributed by atoms with Crippen LogP contribution in [0.3, 0.4) is 0 Å². The molecule has 0 saturated carbocycles. The smallest absolute Gasteiger partial charge is 0.405 e. The number of ether oxygens (including phenoxy) is 1. The second kappa shape index (κ2) is 11.9. The average molecular weight is 502 g/mol. The molecule has 1 aromatic rings. The molecule has 0 unspecified atom stereocenters. The molecule has 27 heavy (non-hydrogen) atoms. The lowest BCUT2D eigenvalue weighted by Gasteiger charge is -2.16. The van der Waals surface area contributed by atoms with Crippen molar-refractivity contribution in [1.29, 1.82) is 0 Å². The van der Waals surface area contributed by atoms with E-state index < -0.39 is 6.36 Å². The van der Waals surface area contributed by atoms with E-state index in [9.17, 15) is 18.0 Å². The molecule has 0 aliphatic rings. The van der Waals surface area contributed by atoms with Gasteiger partial charge in [-0.25, -0.2) is 4.99 Å². The zero-order valence-electron chi connectivity index (χ0n) is 15.8. The van der Waals surface area contributed by atoms with Gasteiger partial charge in [-0.1, -0.05) is 32.0 Å². The molecule has 0 fully saturated rings. The van der Waals surface area contributed by atoms with Crippen LogP contribution in [0.5, 0.6) is 5.75 Å². The van der Waals surface area contributed by atoms with Crippen LogP contribution < -0.4 is 15.4 Å². The van der Waals surface area contributed by atoms with E-state index in [2.05, 4.69) is 20.4 Å². The Morgan fingerprint density at radius 3 is 2.41 bits per heavy atom. The van der Waals surface area contributed by atoms with Gasteiger partial charge in [0.25, 0.3) is 0 Å². The number of hydrogen-bond donors (Lipinski definition) is 2. The lowest BCUT2D eigenvalue weighted by Crippen LogP contribution is -2.44. The topological polar surface area (TPSA) is 66.0 Å². The minimum Gasteiger partial charge on any atom is -0.405 e. The van der Waals surface area contributed by atoms with Gasteiger partial charge in [0.15, 0.2) is 5.96 Å². The molecule has 6 nitrogen and oxygen atoms in total. The second-order valence-electron chi connectivity index (χ2n) is 6.24. The molecule has 10 heteroatoms. The van der Waals surface area contributed by atoms with Gasteiger partial charge in [0, 0.05) is 26.2 Å². The fourth-order valence-electron chi connectivity index (χ4n) is 1.82. The van der Waals surface area contributed by atoms with Gasteiger partial charge in [0.1, 0.15) is 5.75 Å². The molecule has 1 amide bonds. The number of nitrogens with zero attached hydrogens (tertiary/aromatic N) is 2. The number of amides is 1. The predicted molar refractivity (Wildman–Crippen MR) is 109 cm³/mol. The van der Waals surface area contributed by atoms with Gasteiger partial charge in [0.2, 0.25) is 5.91 Å². The van der Waals surface area contributed by atoms with E-state index in [0.29, 0.717) is 18.4 Å². The van der Waals surface area contributed by atoms with Gasteiger partial charge in [-0.15, -0.1) is 37.1 Å². The molecule has 154 valence electrons. The maximum absolute atomic E-state index is 12.5. The first-order valence-corrected chi connectivity index (χ1v) is 8.14. The van der Waals surface area contributed by atoms with Crippen LogP contribution in [0.4, 0.5) is 13.2 Å². The van der Waals surface area contributed by atoms with Crippen molar-refractivity contribution < 1.29 is 22.7 Å². The van der Waals surface area contributed by atoms with Crippen LogP contribution in [-0.2, 0) is 11.3 Å². The van der Waals surface area contributed by atoms with Gasteiger partial charge in [0.05, 0.1) is 13.1 Å². The minimum absolute atomic E-state index is 0. The fraction of sp³-hybridized carbons (Fsp3) is 0.529. The predicted octanol–water partition coefficient (Wildman–Crippen LogP) is 2.98. The standard InChI is InChI=1S/C17H25F3N4O2.HI/c1-12(2)9-21-16(23-11-15(25)24(3)4)22-10-13-7-5-6-8-14(13)26-17(18,19)20;/h5-8,12H,9-11H2,1-4H3,(H2,21,22,23);1H. The van der Waals surface area contributed by atoms with Crippen molar-refractivity contribution in [3.63, 3.8) is 0 Å². The van der Waals surface area contributed by atoms with Gasteiger partial charge < -0.3 is 20.3 Å². The number of nitrogens with one attached hydrogen (secondary N) is 2. The van der Waals surface area contributed by atoms with Crippen LogP contribution >= 0.6 is 24.0 Å². The van der Waals surface area contributed by atoms with E-state index in [4.69, 9.17) is 0 Å². The van der Waals surface area contributed by atoms with Crippen molar-refractivity contribution in [2.75, 3.05) is 27.2 Å². The maximum Gasteiger partial charge on any atom is 0.573 e. The highest BCUT2D eigenvalue weighted by atomic mass is 127. The summed E-state index contributed by atoms with van der Waals surface area (Å²) in [6.07, 6.45) is -4.77. The van der Waals surface area contributed by atoms with Crippen molar-refractivity contribution in [2.45, 2.75) is 26.8 Å². The van der Waals surface area contributed by atoms with Crippen LogP contribution in [0.2, 0.25) is 0 Å². The van der Waals surface area contributed by atoms with Crippen LogP contribution in [0, 0.1) is 5.92 Å². The molecular formula is C17H26F3IN4O2. The Hall–Kier alpha value is -1.72. The molecule has 0 aliphatic carbocycles. The molecule has 0 heterocycles. The first-order chi connectivity index (χ1) is 12.1. The fourth-order valence-corrected chi connectivity index (χ4v) is 1.82. The Bertz CT molecular complexity index is 622. The molecule has 0 spiro atoms. The molecule has 0 bridgehead atoms. The molecule has 0 radical (unpaired) electrons. The lowest BCUT2D eigenvalue weighted by molar-refractivity contribution is -0.274. The number of halogens is 4. The Kier molecular flexibility index (Phi) is 11.1. The molecule has 0 aliphatic heterocycles. The number of rotatable bonds is 7. The highest BCUT2D eigenvalue weighted by Gasteiger charge is 2.31. The Labute approximate surface area is 174 Å². The number of guanidine groups is 1. The summed E-state index contributed by atoms with van der Waals surface area (Å²) in [6.45, 7) is 4.60. The molecule has 0 aromatic heterocycles. The van der Waals surface area contributed by atoms with E-state index in [1.165, 1.54) is 23.1 Å². The number of alkyl halides is 3. The third-order valence-corrected chi connectivity index (χ3v) is 3.19. The summed E-state index contributed by atoms with van der Waals surface area (Å²) in [5, 5.41) is 5.94. The summed E-state index contributed by atoms with van der Waals surface area (Å²) < 4.78 is 41.5. The summed E-state index contributed by atoms with van der Waals surface area (Å²) in [5.74, 6) is 0.226. The molecule has 0 atom stereocenters. The number of carbonyl (C=O) groups is 1. The molecule has 1 rings (SSSR count). The number of aliphatic imine (C=N–C) groups is 1. The monoisotopic (exact) mass is 502 g/mol. The number of para-hydroxylation sites is 1. The summed E-state index contributed by atoms with van der Waals surface area (Å²) >= 11 is 0. The first kappa shape index (κ1) is 25.3. The van der Waals surface area contributed by atoms with E-state index in [0.717, 1.165) is 0 Å². The number of hydrogen-bond acceptors (Lipinski definition) is 3. The highest BCUT2D eigenvalue weighted by Crippen LogP contribution is 2.26. The molecular weight excluding hydrogens is 476 g/mol. The Balaban J connectivity index is 0.00000676. The second-order valence-corrected chi connectivity index (χ2v) is 6.24. The van der Waals surface area contributed by atoms with Crippen molar-refractivity contribution >= 4 is 35.8 Å². The summed E-state index contributed by atoms with van der Waals surface area (Å²) in [4.78, 5) is 17.4. The van der Waals surface area contributed by atoms with Crippen molar-refractivity contribution in [3.05, 3.63) is 29.8 Å². The average Bonchev–Trinajstić information content (AvgIpc) is 2.53. The SMILES string of the molecule is CC(C)CNC(=NCc1ccccc1OC(F)(F)F)NCC(=O)N(C)C.I. The Morgan fingerprint density at radius 1 is 1.22 bits per heavy atom. The van der Waals surface area contributed by atoms with Gasteiger partial charge >= 0.3 is 6.36 Å². The first-order valence-electron chi connectivity index (χ1n) is 8.14. The van der Waals surface area contributed by atoms with Crippen LogP contribution in [-0.4, -0.2) is 50.3 Å². The highest BCUT2D eigenvalue weighted by molar-refractivity contribution is 14.0. The van der Waals surface area contributed by atoms with Crippen LogP contribution in [0.1, 0.15) is 19.4 Å². The van der Waals surface area contributed by atoms with Crippen molar-refractivity contribution in [1.82, 2.24) is 15.5 Å². The quantitative estimate of drug-likeness (QED) is 0.342. The van der Waals surface area contributed by atoms with Gasteiger partial charge in [-0.3, -0.25) is 4.79 Å². The largest absolute Gasteiger partial charge is 0.573 e. The Morgan fingerprint density at radius 2 is 1.85 bits per heavy atom. The summed E-state index contributed by atoms with van der Waals surface area (Å²) in [6, 6.07) is 5.82. The van der Waals surface area contributed by atoms with Gasteiger partial charge in [-0.2, -0.15) is 0 Å². The van der Waals surface area contributed by atoms with E-state index >= 15 is 0 Å².